The van der Waals surface area contributed by atoms with Crippen LogP contribution in [0.15, 0.2) is 41.5 Å². The van der Waals surface area contributed by atoms with E-state index in [0.29, 0.717) is 31.5 Å². The predicted molar refractivity (Wildman–Crippen MR) is 124 cm³/mol. The summed E-state index contributed by atoms with van der Waals surface area (Å²) in [5, 5.41) is 9.72. The summed E-state index contributed by atoms with van der Waals surface area (Å²) in [5.41, 5.74) is -3.79. The third kappa shape index (κ3) is 5.95. The van der Waals surface area contributed by atoms with Crippen molar-refractivity contribution in [1.29, 1.82) is 0 Å². The first-order chi connectivity index (χ1) is 17.3. The van der Waals surface area contributed by atoms with Crippen LogP contribution in [-0.4, -0.2) is 33.5 Å². The number of allylic oxidation sites excluding steroid dienone is 2. The van der Waals surface area contributed by atoms with E-state index in [1.54, 1.807) is 0 Å². The number of halogens is 6. The SMILES string of the molecule is CC1CC=CCC1[C@]1(CO[C@H](C)c2cc(C(F)(F)F)cc(C(F)(F)F)c2)CCC(n2cn[nH]c2=O)CN1. The van der Waals surface area contributed by atoms with E-state index in [-0.39, 0.29) is 41.8 Å². The number of piperidine rings is 1. The highest BCUT2D eigenvalue weighted by molar-refractivity contribution is 5.34. The van der Waals surface area contributed by atoms with E-state index in [4.69, 9.17) is 4.74 Å². The molecule has 6 nitrogen and oxygen atoms in total. The largest absolute Gasteiger partial charge is 0.416 e. The van der Waals surface area contributed by atoms with Gasteiger partial charge in [0, 0.05) is 12.1 Å². The van der Waals surface area contributed by atoms with Crippen molar-refractivity contribution >= 4 is 0 Å². The van der Waals surface area contributed by atoms with Crippen LogP contribution in [0.25, 0.3) is 0 Å². The zero-order valence-electron chi connectivity index (χ0n) is 20.5. The fourth-order valence-corrected chi connectivity index (χ4v) is 5.54. The van der Waals surface area contributed by atoms with E-state index in [1.807, 2.05) is 0 Å². The van der Waals surface area contributed by atoms with Gasteiger partial charge in [0.2, 0.25) is 0 Å². The maximum Gasteiger partial charge on any atom is 0.416 e. The molecule has 0 amide bonds. The molecule has 0 saturated carbocycles. The second kappa shape index (κ2) is 10.3. The third-order valence-corrected chi connectivity index (χ3v) is 7.72. The van der Waals surface area contributed by atoms with Crippen molar-refractivity contribution in [2.45, 2.75) is 69.6 Å². The highest BCUT2D eigenvalue weighted by Crippen LogP contribution is 2.42. The predicted octanol–water partition coefficient (Wildman–Crippen LogP) is 5.65. The van der Waals surface area contributed by atoms with Gasteiger partial charge >= 0.3 is 18.0 Å². The van der Waals surface area contributed by atoms with Crippen molar-refractivity contribution in [3.8, 4) is 0 Å². The molecule has 1 aromatic carbocycles. The van der Waals surface area contributed by atoms with Crippen molar-refractivity contribution in [3.05, 3.63) is 63.9 Å². The lowest BCUT2D eigenvalue weighted by Crippen LogP contribution is -2.61. The number of aromatic amines is 1. The Morgan fingerprint density at radius 3 is 2.27 bits per heavy atom. The van der Waals surface area contributed by atoms with E-state index in [1.165, 1.54) is 17.8 Å². The quantitative estimate of drug-likeness (QED) is 0.373. The number of hydrogen-bond donors (Lipinski definition) is 2. The molecule has 1 fully saturated rings. The maximum atomic E-state index is 13.3. The van der Waals surface area contributed by atoms with Crippen molar-refractivity contribution in [1.82, 2.24) is 20.1 Å². The Bertz CT molecular complexity index is 1130. The summed E-state index contributed by atoms with van der Waals surface area (Å²) in [4.78, 5) is 12.0. The molecule has 1 aromatic heterocycles. The van der Waals surface area contributed by atoms with Gasteiger partial charge in [0.25, 0.3) is 0 Å². The second-order valence-corrected chi connectivity index (χ2v) is 10.1. The number of nitrogens with zero attached hydrogens (tertiary/aromatic N) is 2. The van der Waals surface area contributed by atoms with Gasteiger partial charge in [0.15, 0.2) is 0 Å². The molecule has 0 radical (unpaired) electrons. The van der Waals surface area contributed by atoms with Gasteiger partial charge in [0.05, 0.1) is 29.9 Å². The first-order valence-corrected chi connectivity index (χ1v) is 12.2. The molecule has 1 aliphatic heterocycles. The van der Waals surface area contributed by atoms with Crippen LogP contribution in [0.4, 0.5) is 26.3 Å². The number of hydrogen-bond acceptors (Lipinski definition) is 4. The first-order valence-electron chi connectivity index (χ1n) is 12.2. The van der Waals surface area contributed by atoms with Gasteiger partial charge in [-0.1, -0.05) is 19.1 Å². The molecule has 4 rings (SSSR count). The minimum Gasteiger partial charge on any atom is -0.372 e. The lowest BCUT2D eigenvalue weighted by atomic mass is 9.67. The molecule has 3 unspecified atom stereocenters. The van der Waals surface area contributed by atoms with E-state index in [2.05, 4.69) is 34.6 Å². The number of H-pyrrole nitrogens is 1. The molecule has 1 aliphatic carbocycles. The molecule has 2 aromatic rings. The molecule has 5 atom stereocenters. The van der Waals surface area contributed by atoms with Crippen molar-refractivity contribution in [2.75, 3.05) is 13.2 Å². The molecule has 37 heavy (non-hydrogen) atoms. The van der Waals surface area contributed by atoms with E-state index < -0.39 is 35.1 Å². The maximum absolute atomic E-state index is 13.3. The molecule has 2 aliphatic rings. The Labute approximate surface area is 210 Å². The van der Waals surface area contributed by atoms with Gasteiger partial charge < -0.3 is 10.1 Å². The summed E-state index contributed by atoms with van der Waals surface area (Å²) < 4.78 is 87.7. The number of aromatic nitrogens is 3. The first kappa shape index (κ1) is 27.4. The molecule has 0 bridgehead atoms. The fraction of sp³-hybridized carbons (Fsp3) is 0.600. The molecular weight excluding hydrogens is 502 g/mol. The third-order valence-electron chi connectivity index (χ3n) is 7.72. The van der Waals surface area contributed by atoms with Crippen LogP contribution < -0.4 is 11.0 Å². The van der Waals surface area contributed by atoms with Crippen LogP contribution in [0.5, 0.6) is 0 Å². The van der Waals surface area contributed by atoms with Crippen LogP contribution >= 0.6 is 0 Å². The van der Waals surface area contributed by atoms with Gasteiger partial charge in [0.1, 0.15) is 6.33 Å². The van der Waals surface area contributed by atoms with Crippen LogP contribution in [0, 0.1) is 11.8 Å². The Balaban J connectivity index is 1.57. The Morgan fingerprint density at radius 2 is 1.76 bits per heavy atom. The molecule has 204 valence electrons. The topological polar surface area (TPSA) is 71.9 Å². The number of benzene rings is 1. The Kier molecular flexibility index (Phi) is 7.62. The summed E-state index contributed by atoms with van der Waals surface area (Å²) in [6, 6.07) is 1.42. The molecular formula is C25H30F6N4O2. The summed E-state index contributed by atoms with van der Waals surface area (Å²) >= 11 is 0. The number of nitrogens with one attached hydrogen (secondary N) is 2. The average molecular weight is 533 g/mol. The van der Waals surface area contributed by atoms with E-state index >= 15 is 0 Å². The van der Waals surface area contributed by atoms with Crippen LogP contribution in [0.3, 0.4) is 0 Å². The molecule has 2 heterocycles. The van der Waals surface area contributed by atoms with Crippen molar-refractivity contribution < 1.29 is 31.1 Å². The van der Waals surface area contributed by atoms with Crippen LogP contribution in [0.2, 0.25) is 0 Å². The van der Waals surface area contributed by atoms with Crippen LogP contribution in [0.1, 0.15) is 68.4 Å². The smallest absolute Gasteiger partial charge is 0.372 e. The summed E-state index contributed by atoms with van der Waals surface area (Å²) in [7, 11) is 0. The van der Waals surface area contributed by atoms with Crippen molar-refractivity contribution in [3.63, 3.8) is 0 Å². The summed E-state index contributed by atoms with van der Waals surface area (Å²) in [5.74, 6) is 0.425. The Morgan fingerprint density at radius 1 is 1.11 bits per heavy atom. The van der Waals surface area contributed by atoms with E-state index in [9.17, 15) is 31.1 Å². The van der Waals surface area contributed by atoms with Gasteiger partial charge in [-0.2, -0.15) is 31.4 Å². The minimum absolute atomic E-state index is 0.0988. The fourth-order valence-electron chi connectivity index (χ4n) is 5.54. The second-order valence-electron chi connectivity index (χ2n) is 10.1. The zero-order valence-corrected chi connectivity index (χ0v) is 20.5. The van der Waals surface area contributed by atoms with Crippen LogP contribution in [-0.2, 0) is 17.1 Å². The lowest BCUT2D eigenvalue weighted by Gasteiger charge is -2.49. The van der Waals surface area contributed by atoms with Gasteiger partial charge in [-0.15, -0.1) is 0 Å². The monoisotopic (exact) mass is 532 g/mol. The standard InChI is InChI=1S/C25H30F6N4O2/c1-15-5-3-4-6-21(15)23(8-7-20(12-32-23)35-14-33-34-22(35)36)13-37-16(2)17-9-18(24(26,27)28)11-19(10-17)25(29,30)31/h3-4,9-11,14-16,20-21,32H,5-8,12-13H2,1-2H3,(H,34,36)/t15?,16-,20?,21?,23-/m1/s1. The van der Waals surface area contributed by atoms with Gasteiger partial charge in [-0.25, -0.2) is 9.89 Å². The number of alkyl halides is 6. The van der Waals surface area contributed by atoms with Gasteiger partial charge in [-0.05, 0) is 68.2 Å². The lowest BCUT2D eigenvalue weighted by molar-refractivity contribution is -0.143. The average Bonchev–Trinajstić information content (AvgIpc) is 3.27. The molecule has 0 spiro atoms. The highest BCUT2D eigenvalue weighted by atomic mass is 19.4. The molecule has 2 N–H and O–H groups in total. The number of rotatable bonds is 6. The Hall–Kier alpha value is -2.60. The number of ether oxygens (including phenoxy) is 1. The molecule has 1 saturated heterocycles. The summed E-state index contributed by atoms with van der Waals surface area (Å²) in [6.07, 6.45) is -2.34. The zero-order chi connectivity index (χ0) is 27.0. The highest BCUT2D eigenvalue weighted by Gasteiger charge is 2.45. The molecule has 12 heteroatoms. The van der Waals surface area contributed by atoms with Gasteiger partial charge in [-0.3, -0.25) is 4.57 Å². The van der Waals surface area contributed by atoms with E-state index in [0.717, 1.165) is 12.8 Å². The minimum atomic E-state index is -4.92. The van der Waals surface area contributed by atoms with Crippen molar-refractivity contribution in [2.24, 2.45) is 11.8 Å². The summed E-state index contributed by atoms with van der Waals surface area (Å²) in [6.45, 7) is 4.13. The normalized spacial score (nSPS) is 27.8.